The van der Waals surface area contributed by atoms with E-state index in [1.165, 1.54) is 0 Å². The van der Waals surface area contributed by atoms with Crippen molar-refractivity contribution in [1.29, 1.82) is 0 Å². The number of hydrogen-bond donors (Lipinski definition) is 1. The number of alkyl halides is 1. The fourth-order valence-corrected chi connectivity index (χ4v) is 2.14. The van der Waals surface area contributed by atoms with Crippen LogP contribution in [0, 0.1) is 5.92 Å². The summed E-state index contributed by atoms with van der Waals surface area (Å²) in [6.07, 6.45) is 0. The first kappa shape index (κ1) is 11.6. The van der Waals surface area contributed by atoms with Gasteiger partial charge in [0.15, 0.2) is 0 Å². The largest absolute Gasteiger partial charge is 0.396 e. The Morgan fingerprint density at radius 3 is 2.50 bits per heavy atom. The Morgan fingerprint density at radius 2 is 2.00 bits per heavy atom. The highest BCUT2D eigenvalue weighted by atomic mass is 79.9. The predicted molar refractivity (Wildman–Crippen MR) is 65.6 cm³/mol. The lowest BCUT2D eigenvalue weighted by atomic mass is 10.00. The van der Waals surface area contributed by atoms with Gasteiger partial charge in [-0.25, -0.2) is 0 Å². The van der Waals surface area contributed by atoms with Gasteiger partial charge in [0, 0.05) is 36.5 Å². The van der Waals surface area contributed by atoms with Crippen LogP contribution in [0.3, 0.4) is 0 Å². The highest BCUT2D eigenvalue weighted by Crippen LogP contribution is 2.18. The van der Waals surface area contributed by atoms with Crippen LogP contribution in [0.5, 0.6) is 0 Å². The van der Waals surface area contributed by atoms with E-state index in [1.54, 1.807) is 4.90 Å². The standard InChI is InChI=1S/C12H14BrNO2/c13-5-9-1-3-11(4-2-9)12(16)14-6-10(7-14)8-15/h1-4,10,15H,5-8H2. The first-order valence-corrected chi connectivity index (χ1v) is 6.41. The van der Waals surface area contributed by atoms with Gasteiger partial charge in [-0.2, -0.15) is 0 Å². The molecule has 4 heteroatoms. The van der Waals surface area contributed by atoms with E-state index in [4.69, 9.17) is 5.11 Å². The normalized spacial score (nSPS) is 16.0. The fraction of sp³-hybridized carbons (Fsp3) is 0.417. The smallest absolute Gasteiger partial charge is 0.253 e. The average Bonchev–Trinajstić information content (AvgIpc) is 2.27. The van der Waals surface area contributed by atoms with Crippen LogP contribution in [-0.4, -0.2) is 35.6 Å². The molecule has 1 aromatic rings. The van der Waals surface area contributed by atoms with Crippen molar-refractivity contribution < 1.29 is 9.90 Å². The molecule has 1 N–H and O–H groups in total. The SMILES string of the molecule is O=C(c1ccc(CBr)cc1)N1CC(CO)C1. The van der Waals surface area contributed by atoms with Gasteiger partial charge >= 0.3 is 0 Å². The Bertz CT molecular complexity index is 371. The molecule has 16 heavy (non-hydrogen) atoms. The number of halogens is 1. The van der Waals surface area contributed by atoms with E-state index in [9.17, 15) is 4.79 Å². The van der Waals surface area contributed by atoms with Crippen LogP contribution in [0.15, 0.2) is 24.3 Å². The van der Waals surface area contributed by atoms with Crippen LogP contribution in [-0.2, 0) is 5.33 Å². The van der Waals surface area contributed by atoms with Gasteiger partial charge in [-0.05, 0) is 17.7 Å². The second-order valence-corrected chi connectivity index (χ2v) is 4.65. The molecule has 1 aliphatic rings. The molecular formula is C12H14BrNO2. The number of aliphatic hydroxyl groups excluding tert-OH is 1. The molecule has 0 spiro atoms. The molecule has 0 aliphatic carbocycles. The molecule has 0 bridgehead atoms. The molecule has 0 radical (unpaired) electrons. The molecule has 1 heterocycles. The van der Waals surface area contributed by atoms with Crippen molar-refractivity contribution in [2.24, 2.45) is 5.92 Å². The molecule has 1 amide bonds. The molecule has 0 aromatic heterocycles. The third kappa shape index (κ3) is 2.28. The van der Waals surface area contributed by atoms with Crippen molar-refractivity contribution in [3.8, 4) is 0 Å². The Kier molecular flexibility index (Phi) is 3.61. The van der Waals surface area contributed by atoms with Crippen molar-refractivity contribution in [2.75, 3.05) is 19.7 Å². The van der Waals surface area contributed by atoms with Gasteiger partial charge < -0.3 is 10.0 Å². The zero-order chi connectivity index (χ0) is 11.5. The van der Waals surface area contributed by atoms with Crippen molar-refractivity contribution in [1.82, 2.24) is 4.90 Å². The second-order valence-electron chi connectivity index (χ2n) is 4.09. The number of rotatable bonds is 3. The van der Waals surface area contributed by atoms with Crippen LogP contribution in [0.2, 0.25) is 0 Å². The summed E-state index contributed by atoms with van der Waals surface area (Å²) < 4.78 is 0. The Hall–Kier alpha value is -0.870. The summed E-state index contributed by atoms with van der Waals surface area (Å²) in [5.41, 5.74) is 1.88. The summed E-state index contributed by atoms with van der Waals surface area (Å²) in [5.74, 6) is 0.330. The van der Waals surface area contributed by atoms with Gasteiger partial charge in [0.25, 0.3) is 5.91 Å². The summed E-state index contributed by atoms with van der Waals surface area (Å²) in [4.78, 5) is 13.7. The summed E-state index contributed by atoms with van der Waals surface area (Å²) >= 11 is 3.37. The van der Waals surface area contributed by atoms with E-state index < -0.39 is 0 Å². The van der Waals surface area contributed by atoms with E-state index in [2.05, 4.69) is 15.9 Å². The van der Waals surface area contributed by atoms with Gasteiger partial charge in [0.2, 0.25) is 0 Å². The Balaban J connectivity index is 1.99. The molecule has 86 valence electrons. The second kappa shape index (κ2) is 4.97. The van der Waals surface area contributed by atoms with E-state index in [0.717, 1.165) is 16.5 Å². The number of hydrogen-bond acceptors (Lipinski definition) is 2. The van der Waals surface area contributed by atoms with Gasteiger partial charge in [0.05, 0.1) is 0 Å². The highest BCUT2D eigenvalue weighted by molar-refractivity contribution is 9.08. The number of carbonyl (C=O) groups is 1. The molecule has 2 rings (SSSR count). The number of likely N-dealkylation sites (tertiary alicyclic amines) is 1. The first-order valence-electron chi connectivity index (χ1n) is 5.29. The zero-order valence-electron chi connectivity index (χ0n) is 8.90. The number of amides is 1. The minimum atomic E-state index is 0.0609. The molecule has 1 fully saturated rings. The van der Waals surface area contributed by atoms with E-state index >= 15 is 0 Å². The molecule has 0 saturated carbocycles. The quantitative estimate of drug-likeness (QED) is 0.857. The van der Waals surface area contributed by atoms with Crippen LogP contribution in [0.25, 0.3) is 0 Å². The third-order valence-corrected chi connectivity index (χ3v) is 3.51. The monoisotopic (exact) mass is 283 g/mol. The summed E-state index contributed by atoms with van der Waals surface area (Å²) in [6.45, 7) is 1.53. The van der Waals surface area contributed by atoms with E-state index in [1.807, 2.05) is 24.3 Å². The first-order chi connectivity index (χ1) is 7.74. The van der Waals surface area contributed by atoms with Crippen LogP contribution in [0.1, 0.15) is 15.9 Å². The lowest BCUT2D eigenvalue weighted by Crippen LogP contribution is -2.51. The maximum absolute atomic E-state index is 11.9. The lowest BCUT2D eigenvalue weighted by Gasteiger charge is -2.38. The molecular weight excluding hydrogens is 270 g/mol. The maximum Gasteiger partial charge on any atom is 0.253 e. The summed E-state index contributed by atoms with van der Waals surface area (Å²) in [5, 5.41) is 9.68. The summed E-state index contributed by atoms with van der Waals surface area (Å²) in [6, 6.07) is 7.60. The molecule has 0 unspecified atom stereocenters. The van der Waals surface area contributed by atoms with Crippen LogP contribution < -0.4 is 0 Å². The minimum absolute atomic E-state index is 0.0609. The zero-order valence-corrected chi connectivity index (χ0v) is 10.5. The van der Waals surface area contributed by atoms with Gasteiger partial charge in [0.1, 0.15) is 0 Å². The van der Waals surface area contributed by atoms with Crippen molar-refractivity contribution in [3.05, 3.63) is 35.4 Å². The van der Waals surface area contributed by atoms with Crippen LogP contribution in [0.4, 0.5) is 0 Å². The number of aliphatic hydroxyl groups is 1. The average molecular weight is 284 g/mol. The summed E-state index contributed by atoms with van der Waals surface area (Å²) in [7, 11) is 0. The maximum atomic E-state index is 11.9. The van der Waals surface area contributed by atoms with Crippen molar-refractivity contribution in [2.45, 2.75) is 5.33 Å². The Morgan fingerprint density at radius 1 is 1.38 bits per heavy atom. The number of carbonyl (C=O) groups excluding carboxylic acids is 1. The number of nitrogens with zero attached hydrogens (tertiary/aromatic N) is 1. The number of benzene rings is 1. The lowest BCUT2D eigenvalue weighted by molar-refractivity contribution is 0.0362. The topological polar surface area (TPSA) is 40.5 Å². The molecule has 1 saturated heterocycles. The van der Waals surface area contributed by atoms with Gasteiger partial charge in [-0.15, -0.1) is 0 Å². The highest BCUT2D eigenvalue weighted by Gasteiger charge is 2.30. The van der Waals surface area contributed by atoms with E-state index in [0.29, 0.717) is 13.1 Å². The molecule has 0 atom stereocenters. The predicted octanol–water partition coefficient (Wildman–Crippen LogP) is 1.65. The van der Waals surface area contributed by atoms with Gasteiger partial charge in [-0.1, -0.05) is 28.1 Å². The van der Waals surface area contributed by atoms with Gasteiger partial charge in [-0.3, -0.25) is 4.79 Å². The van der Waals surface area contributed by atoms with Crippen molar-refractivity contribution in [3.63, 3.8) is 0 Å². The Labute approximate surface area is 103 Å². The molecule has 1 aromatic carbocycles. The fourth-order valence-electron chi connectivity index (χ4n) is 1.77. The van der Waals surface area contributed by atoms with Crippen LogP contribution >= 0.6 is 15.9 Å². The van der Waals surface area contributed by atoms with Crippen molar-refractivity contribution >= 4 is 21.8 Å². The third-order valence-electron chi connectivity index (χ3n) is 2.86. The molecule has 3 nitrogen and oxygen atoms in total. The van der Waals surface area contributed by atoms with E-state index in [-0.39, 0.29) is 18.4 Å². The minimum Gasteiger partial charge on any atom is -0.396 e. The molecule has 1 aliphatic heterocycles.